The third kappa shape index (κ3) is 5.10. The van der Waals surface area contributed by atoms with Gasteiger partial charge in [-0.3, -0.25) is 0 Å². The van der Waals surface area contributed by atoms with Crippen LogP contribution < -0.4 is 0 Å². The van der Waals surface area contributed by atoms with E-state index < -0.39 is 0 Å². The molecule has 1 aromatic heterocycles. The van der Waals surface area contributed by atoms with Crippen LogP contribution in [-0.4, -0.2) is 9.97 Å². The first-order chi connectivity index (χ1) is 26.0. The van der Waals surface area contributed by atoms with Crippen molar-refractivity contribution >= 4 is 21.5 Å². The fourth-order valence-electron chi connectivity index (χ4n) is 8.47. The molecular formula is C51H36N2. The van der Waals surface area contributed by atoms with E-state index >= 15 is 0 Å². The lowest BCUT2D eigenvalue weighted by atomic mass is 9.81. The fraction of sp³-hybridized carbons (Fsp3) is 0.0588. The summed E-state index contributed by atoms with van der Waals surface area (Å²) in [7, 11) is 0. The quantitative estimate of drug-likeness (QED) is 0.181. The average Bonchev–Trinajstić information content (AvgIpc) is 3.45. The summed E-state index contributed by atoms with van der Waals surface area (Å²) >= 11 is 0. The predicted octanol–water partition coefficient (Wildman–Crippen LogP) is 13.4. The molecule has 0 aliphatic heterocycles. The molecule has 9 aromatic rings. The number of fused-ring (bicyclic) bond motifs is 5. The molecule has 0 bridgehead atoms. The Balaban J connectivity index is 1.28. The molecule has 1 aliphatic rings. The number of hydrogen-bond donors (Lipinski definition) is 0. The summed E-state index contributed by atoms with van der Waals surface area (Å²) in [6.45, 7) is 4.74. The van der Waals surface area contributed by atoms with Gasteiger partial charge in [0.2, 0.25) is 0 Å². The van der Waals surface area contributed by atoms with E-state index in [0.717, 1.165) is 39.2 Å². The van der Waals surface area contributed by atoms with E-state index in [1.165, 1.54) is 54.9 Å². The summed E-state index contributed by atoms with van der Waals surface area (Å²) < 4.78 is 0. The zero-order chi connectivity index (χ0) is 35.5. The molecule has 0 N–H and O–H groups in total. The van der Waals surface area contributed by atoms with Gasteiger partial charge in [-0.15, -0.1) is 0 Å². The molecule has 53 heavy (non-hydrogen) atoms. The van der Waals surface area contributed by atoms with E-state index in [0.29, 0.717) is 5.82 Å². The van der Waals surface area contributed by atoms with Crippen molar-refractivity contribution in [2.75, 3.05) is 0 Å². The highest BCUT2D eigenvalue weighted by molar-refractivity contribution is 6.09. The molecule has 0 atom stereocenters. The zero-order valence-corrected chi connectivity index (χ0v) is 29.7. The standard InChI is InChI=1S/C51H36N2/c1-51(2)44-27-15-26-42(49(44)43-30-36-21-9-10-22-37(36)31-45(43)51)48-39-24-12-11-18-34(39)28-29-41(48)47-32-46(52-50(53-47)35-19-7-4-8-20-35)40-25-14-13-23-38(40)33-16-5-3-6-17-33/h3-32H,1-2H3. The van der Waals surface area contributed by atoms with Gasteiger partial charge in [-0.05, 0) is 84.3 Å². The number of nitrogens with zero attached hydrogens (tertiary/aromatic N) is 2. The number of rotatable bonds is 5. The van der Waals surface area contributed by atoms with Gasteiger partial charge >= 0.3 is 0 Å². The summed E-state index contributed by atoms with van der Waals surface area (Å²) in [5.41, 5.74) is 14.8. The van der Waals surface area contributed by atoms with Crippen LogP contribution in [0.15, 0.2) is 182 Å². The van der Waals surface area contributed by atoms with Crippen LogP contribution >= 0.6 is 0 Å². The second-order valence-corrected chi connectivity index (χ2v) is 14.5. The molecule has 2 heteroatoms. The third-order valence-corrected chi connectivity index (χ3v) is 11.1. The first kappa shape index (κ1) is 31.1. The highest BCUT2D eigenvalue weighted by Gasteiger charge is 2.37. The Morgan fingerprint density at radius 2 is 0.943 bits per heavy atom. The van der Waals surface area contributed by atoms with Crippen molar-refractivity contribution in [1.29, 1.82) is 0 Å². The maximum atomic E-state index is 5.39. The second kappa shape index (κ2) is 12.3. The van der Waals surface area contributed by atoms with E-state index in [1.807, 2.05) is 6.07 Å². The predicted molar refractivity (Wildman–Crippen MR) is 222 cm³/mol. The summed E-state index contributed by atoms with van der Waals surface area (Å²) in [5.74, 6) is 0.705. The van der Waals surface area contributed by atoms with Gasteiger partial charge in [0.1, 0.15) is 0 Å². The van der Waals surface area contributed by atoms with Crippen LogP contribution in [0.5, 0.6) is 0 Å². The molecule has 250 valence electrons. The average molecular weight is 677 g/mol. The zero-order valence-electron chi connectivity index (χ0n) is 29.7. The maximum Gasteiger partial charge on any atom is 0.160 e. The van der Waals surface area contributed by atoms with Crippen LogP contribution in [0.25, 0.3) is 88.8 Å². The van der Waals surface area contributed by atoms with Crippen molar-refractivity contribution in [2.45, 2.75) is 19.3 Å². The molecule has 0 fully saturated rings. The molecule has 0 amide bonds. The molecule has 10 rings (SSSR count). The lowest BCUT2D eigenvalue weighted by Gasteiger charge is -2.22. The molecule has 0 spiro atoms. The third-order valence-electron chi connectivity index (χ3n) is 11.1. The molecule has 0 saturated carbocycles. The van der Waals surface area contributed by atoms with E-state index in [4.69, 9.17) is 9.97 Å². The van der Waals surface area contributed by atoms with Gasteiger partial charge in [0, 0.05) is 22.1 Å². The van der Waals surface area contributed by atoms with Crippen LogP contribution in [0.3, 0.4) is 0 Å². The highest BCUT2D eigenvalue weighted by atomic mass is 14.9. The number of benzene rings is 8. The molecule has 0 radical (unpaired) electrons. The van der Waals surface area contributed by atoms with E-state index in [-0.39, 0.29) is 5.41 Å². The van der Waals surface area contributed by atoms with Crippen LogP contribution in [0.4, 0.5) is 0 Å². The molecule has 1 heterocycles. The topological polar surface area (TPSA) is 25.8 Å². The summed E-state index contributed by atoms with van der Waals surface area (Å²) in [5, 5.41) is 4.94. The van der Waals surface area contributed by atoms with Crippen molar-refractivity contribution in [3.05, 3.63) is 193 Å². The normalized spacial score (nSPS) is 12.9. The van der Waals surface area contributed by atoms with E-state index in [9.17, 15) is 0 Å². The maximum absolute atomic E-state index is 5.39. The Morgan fingerprint density at radius 1 is 0.358 bits per heavy atom. The van der Waals surface area contributed by atoms with Gasteiger partial charge < -0.3 is 0 Å². The Hall–Kier alpha value is -6.64. The van der Waals surface area contributed by atoms with Gasteiger partial charge in [-0.25, -0.2) is 9.97 Å². The number of hydrogen-bond acceptors (Lipinski definition) is 2. The molecule has 0 unspecified atom stereocenters. The Labute approximate surface area is 310 Å². The lowest BCUT2D eigenvalue weighted by Crippen LogP contribution is -2.14. The van der Waals surface area contributed by atoms with Crippen LogP contribution in [-0.2, 0) is 5.41 Å². The molecule has 2 nitrogen and oxygen atoms in total. The van der Waals surface area contributed by atoms with Gasteiger partial charge in [0.05, 0.1) is 11.4 Å². The van der Waals surface area contributed by atoms with Crippen LogP contribution in [0.1, 0.15) is 25.0 Å². The molecule has 8 aromatic carbocycles. The summed E-state index contributed by atoms with van der Waals surface area (Å²) in [6, 6.07) is 65.4. The minimum atomic E-state index is -0.154. The number of aromatic nitrogens is 2. The first-order valence-corrected chi connectivity index (χ1v) is 18.3. The Kier molecular flexibility index (Phi) is 7.19. The van der Waals surface area contributed by atoms with Crippen molar-refractivity contribution in [3.63, 3.8) is 0 Å². The van der Waals surface area contributed by atoms with Crippen molar-refractivity contribution in [1.82, 2.24) is 9.97 Å². The van der Waals surface area contributed by atoms with Crippen molar-refractivity contribution < 1.29 is 0 Å². The fourth-order valence-corrected chi connectivity index (χ4v) is 8.47. The van der Waals surface area contributed by atoms with E-state index in [1.54, 1.807) is 0 Å². The minimum absolute atomic E-state index is 0.154. The minimum Gasteiger partial charge on any atom is -0.228 e. The molecule has 0 saturated heterocycles. The van der Waals surface area contributed by atoms with Crippen LogP contribution in [0, 0.1) is 0 Å². The van der Waals surface area contributed by atoms with Gasteiger partial charge in [0.25, 0.3) is 0 Å². The first-order valence-electron chi connectivity index (χ1n) is 18.3. The summed E-state index contributed by atoms with van der Waals surface area (Å²) in [4.78, 5) is 10.7. The highest BCUT2D eigenvalue weighted by Crippen LogP contribution is 2.55. The van der Waals surface area contributed by atoms with Crippen molar-refractivity contribution in [3.8, 4) is 67.3 Å². The van der Waals surface area contributed by atoms with Crippen molar-refractivity contribution in [2.24, 2.45) is 0 Å². The van der Waals surface area contributed by atoms with Gasteiger partial charge in [-0.1, -0.05) is 178 Å². The molecule has 1 aliphatic carbocycles. The molecular weight excluding hydrogens is 641 g/mol. The van der Waals surface area contributed by atoms with E-state index in [2.05, 4.69) is 190 Å². The van der Waals surface area contributed by atoms with Gasteiger partial charge in [-0.2, -0.15) is 0 Å². The Bertz CT molecular complexity index is 2850. The summed E-state index contributed by atoms with van der Waals surface area (Å²) in [6.07, 6.45) is 0. The SMILES string of the molecule is CC1(C)c2cc3ccccc3cc2-c2c(-c3c(-c4cc(-c5ccccc5-c5ccccc5)nc(-c5ccccc5)n4)ccc4ccccc34)cccc21. The smallest absolute Gasteiger partial charge is 0.160 e. The largest absolute Gasteiger partial charge is 0.228 e. The van der Waals surface area contributed by atoms with Crippen LogP contribution in [0.2, 0.25) is 0 Å². The monoisotopic (exact) mass is 676 g/mol. The van der Waals surface area contributed by atoms with Gasteiger partial charge in [0.15, 0.2) is 5.82 Å². The Morgan fingerprint density at radius 3 is 1.70 bits per heavy atom. The second-order valence-electron chi connectivity index (χ2n) is 14.5. The lowest BCUT2D eigenvalue weighted by molar-refractivity contribution is 0.661.